The third-order valence-corrected chi connectivity index (χ3v) is 10.3. The minimum Gasteiger partial charge on any atom is -0.462 e. The Morgan fingerprint density at radius 1 is 0.525 bits per heavy atom. The lowest BCUT2D eigenvalue weighted by Gasteiger charge is -2.24. The van der Waals surface area contributed by atoms with Crippen molar-refractivity contribution in [2.24, 2.45) is 0 Å². The molecule has 6 nitrogen and oxygen atoms in total. The second-order valence-corrected chi connectivity index (χ2v) is 15.8. The Labute approximate surface area is 363 Å². The van der Waals surface area contributed by atoms with Gasteiger partial charge in [0.2, 0.25) is 5.91 Å². The summed E-state index contributed by atoms with van der Waals surface area (Å²) in [6.45, 7) is 6.18. The lowest BCUT2D eigenvalue weighted by molar-refractivity contribution is -0.151. The number of hydrogen-bond acceptors (Lipinski definition) is 5. The van der Waals surface area contributed by atoms with Crippen molar-refractivity contribution in [1.82, 2.24) is 5.32 Å². The normalized spacial score (nSPS) is 14.2. The topological polar surface area (TPSA) is 95.9 Å². The molecule has 0 bridgehead atoms. The second kappa shape index (κ2) is 45.9. The van der Waals surface area contributed by atoms with Gasteiger partial charge in [0.05, 0.1) is 25.2 Å². The van der Waals surface area contributed by atoms with Crippen LogP contribution >= 0.6 is 0 Å². The number of unbranched alkanes of at least 4 members (excludes halogenated alkanes) is 16. The van der Waals surface area contributed by atoms with E-state index in [1.807, 2.05) is 30.4 Å². The van der Waals surface area contributed by atoms with E-state index in [0.29, 0.717) is 19.3 Å². The first-order valence-corrected chi connectivity index (χ1v) is 24.0. The molecule has 0 aliphatic heterocycles. The Hall–Kier alpha value is -3.22. The Kier molecular flexibility index (Phi) is 43.4. The molecule has 0 saturated carbocycles. The molecule has 0 aliphatic rings. The van der Waals surface area contributed by atoms with Crippen LogP contribution in [-0.4, -0.2) is 46.9 Å². The molecule has 0 heterocycles. The maximum atomic E-state index is 13.2. The maximum Gasteiger partial charge on any atom is 0.306 e. The highest BCUT2D eigenvalue weighted by Gasteiger charge is 2.24. The molecule has 1 amide bonds. The van der Waals surface area contributed by atoms with E-state index in [9.17, 15) is 19.8 Å². The summed E-state index contributed by atoms with van der Waals surface area (Å²) in [6.07, 6.45) is 60.4. The van der Waals surface area contributed by atoms with Crippen molar-refractivity contribution >= 4 is 11.9 Å². The van der Waals surface area contributed by atoms with Gasteiger partial charge in [-0.15, -0.1) is 0 Å². The zero-order valence-electron chi connectivity index (χ0n) is 38.1. The first kappa shape index (κ1) is 55.8. The molecule has 336 valence electrons. The van der Waals surface area contributed by atoms with Crippen molar-refractivity contribution in [1.29, 1.82) is 0 Å². The van der Waals surface area contributed by atoms with E-state index in [2.05, 4.69) is 92.9 Å². The van der Waals surface area contributed by atoms with E-state index in [-0.39, 0.29) is 24.9 Å². The summed E-state index contributed by atoms with van der Waals surface area (Å²) in [6, 6.07) is -0.732. The molecule has 6 heteroatoms. The van der Waals surface area contributed by atoms with Gasteiger partial charge in [-0.3, -0.25) is 9.59 Å². The fraction of sp³-hybridized carbons (Fsp3) is 0.660. The van der Waals surface area contributed by atoms with Crippen LogP contribution in [0, 0.1) is 0 Å². The quantitative estimate of drug-likeness (QED) is 0.0247. The van der Waals surface area contributed by atoms with Crippen LogP contribution in [0.4, 0.5) is 0 Å². The van der Waals surface area contributed by atoms with Crippen molar-refractivity contribution in [2.45, 2.75) is 219 Å². The maximum absolute atomic E-state index is 13.2. The molecule has 0 saturated heterocycles. The number of carbonyl (C=O) groups excluding carboxylic acids is 2. The number of aliphatic hydroxyl groups is 2. The van der Waals surface area contributed by atoms with Crippen LogP contribution in [0.2, 0.25) is 0 Å². The molecule has 0 radical (unpaired) electrons. The Bertz CT molecular complexity index is 1190. The fourth-order valence-corrected chi connectivity index (χ4v) is 6.67. The predicted octanol–water partition coefficient (Wildman–Crippen LogP) is 14.2. The summed E-state index contributed by atoms with van der Waals surface area (Å²) >= 11 is 0. The molecular weight excluding hydrogens is 731 g/mol. The highest BCUT2D eigenvalue weighted by atomic mass is 16.5. The first-order valence-electron chi connectivity index (χ1n) is 24.0. The molecule has 0 aliphatic carbocycles. The van der Waals surface area contributed by atoms with Crippen molar-refractivity contribution < 1.29 is 24.5 Å². The van der Waals surface area contributed by atoms with Crippen LogP contribution in [0.15, 0.2) is 97.2 Å². The van der Waals surface area contributed by atoms with Gasteiger partial charge in [-0.25, -0.2) is 0 Å². The van der Waals surface area contributed by atoms with E-state index < -0.39 is 18.2 Å². The molecule has 59 heavy (non-hydrogen) atoms. The highest BCUT2D eigenvalue weighted by Crippen LogP contribution is 2.16. The summed E-state index contributed by atoms with van der Waals surface area (Å²) < 4.78 is 5.87. The number of hydrogen-bond donors (Lipinski definition) is 3. The number of aliphatic hydroxyl groups excluding tert-OH is 2. The second-order valence-electron chi connectivity index (χ2n) is 15.8. The van der Waals surface area contributed by atoms with Crippen LogP contribution in [0.25, 0.3) is 0 Å². The average molecular weight is 820 g/mol. The van der Waals surface area contributed by atoms with Crippen LogP contribution in [-0.2, 0) is 14.3 Å². The van der Waals surface area contributed by atoms with Gasteiger partial charge in [-0.05, 0) is 77.0 Å². The minimum absolute atomic E-state index is 0.0182. The van der Waals surface area contributed by atoms with Crippen LogP contribution < -0.4 is 5.32 Å². The van der Waals surface area contributed by atoms with Crippen LogP contribution in [0.1, 0.15) is 201 Å². The minimum atomic E-state index is -0.813. The molecule has 0 aromatic heterocycles. The van der Waals surface area contributed by atoms with Gasteiger partial charge < -0.3 is 20.3 Å². The van der Waals surface area contributed by atoms with E-state index in [1.54, 1.807) is 0 Å². The zero-order valence-corrected chi connectivity index (χ0v) is 38.1. The molecule has 0 spiro atoms. The Balaban J connectivity index is 4.76. The summed E-state index contributed by atoms with van der Waals surface area (Å²) in [5.74, 6) is -0.585. The van der Waals surface area contributed by atoms with Crippen molar-refractivity contribution in [3.8, 4) is 0 Å². The SMILES string of the molecule is CC/C=C/C=C/C=C\C=C/CCCCCC(=O)OC(CCC/C=C/C/C=C/C/C=C/C/C=C/CC)CC(=O)NC(CO)C(O)CCCCCCCCCCCCCCC. The van der Waals surface area contributed by atoms with Gasteiger partial charge in [0.15, 0.2) is 0 Å². The Morgan fingerprint density at radius 3 is 1.59 bits per heavy atom. The molecule has 3 atom stereocenters. The number of amides is 1. The van der Waals surface area contributed by atoms with E-state index in [4.69, 9.17) is 4.74 Å². The van der Waals surface area contributed by atoms with Gasteiger partial charge in [0.25, 0.3) is 0 Å². The summed E-state index contributed by atoms with van der Waals surface area (Å²) in [4.78, 5) is 26.0. The third-order valence-electron chi connectivity index (χ3n) is 10.3. The van der Waals surface area contributed by atoms with Crippen LogP contribution in [0.5, 0.6) is 0 Å². The third kappa shape index (κ3) is 41.3. The summed E-state index contributed by atoms with van der Waals surface area (Å²) in [5, 5.41) is 23.7. The molecule has 3 N–H and O–H groups in total. The number of allylic oxidation sites excluding steroid dienone is 16. The first-order chi connectivity index (χ1) is 29.0. The lowest BCUT2D eigenvalue weighted by atomic mass is 10.0. The predicted molar refractivity (Wildman–Crippen MR) is 254 cm³/mol. The van der Waals surface area contributed by atoms with Gasteiger partial charge in [-0.2, -0.15) is 0 Å². The van der Waals surface area contributed by atoms with Gasteiger partial charge in [0, 0.05) is 6.42 Å². The van der Waals surface area contributed by atoms with Crippen molar-refractivity contribution in [3.05, 3.63) is 97.2 Å². The number of esters is 1. The number of carbonyl (C=O) groups is 2. The average Bonchev–Trinajstić information content (AvgIpc) is 3.23. The highest BCUT2D eigenvalue weighted by molar-refractivity contribution is 5.77. The van der Waals surface area contributed by atoms with Crippen molar-refractivity contribution in [2.75, 3.05) is 6.61 Å². The van der Waals surface area contributed by atoms with Gasteiger partial charge in [0.1, 0.15) is 6.10 Å². The molecular formula is C53H89NO5. The summed E-state index contributed by atoms with van der Waals surface area (Å²) in [5.41, 5.74) is 0. The zero-order chi connectivity index (χ0) is 43.1. The Morgan fingerprint density at radius 2 is 1.02 bits per heavy atom. The van der Waals surface area contributed by atoms with Gasteiger partial charge >= 0.3 is 5.97 Å². The monoisotopic (exact) mass is 820 g/mol. The number of nitrogens with one attached hydrogen (secondary N) is 1. The van der Waals surface area contributed by atoms with E-state index in [1.165, 1.54) is 64.2 Å². The van der Waals surface area contributed by atoms with Gasteiger partial charge in [-0.1, -0.05) is 208 Å². The largest absolute Gasteiger partial charge is 0.462 e. The van der Waals surface area contributed by atoms with E-state index in [0.717, 1.165) is 89.9 Å². The summed E-state index contributed by atoms with van der Waals surface area (Å²) in [7, 11) is 0. The lowest BCUT2D eigenvalue weighted by Crippen LogP contribution is -2.46. The van der Waals surface area contributed by atoms with Crippen molar-refractivity contribution in [3.63, 3.8) is 0 Å². The van der Waals surface area contributed by atoms with Crippen LogP contribution in [0.3, 0.4) is 0 Å². The fourth-order valence-electron chi connectivity index (χ4n) is 6.67. The smallest absolute Gasteiger partial charge is 0.306 e. The standard InChI is InChI=1S/C53H89NO5/c1-4-7-10-13-16-19-22-25-28-29-32-35-38-41-44-49(59-53(58)46-43-40-37-34-31-27-24-21-18-15-12-9-6-3)47-52(57)54-50(48-55)51(56)45-42-39-36-33-30-26-23-20-17-14-11-8-5-2/h7,9-10,12,15-16,18-19,21,24-25,27-28,31-32,35,49-51,55-56H,4-6,8,11,13-14,17,20,22-23,26,29-30,33-34,36-48H2,1-3H3,(H,54,57)/b10-7+,12-9+,18-15+,19-16+,24-21-,28-25+,31-27-,35-32+. The molecule has 0 rings (SSSR count). The van der Waals surface area contributed by atoms with E-state index >= 15 is 0 Å². The molecule has 0 fully saturated rings. The molecule has 0 aromatic rings. The number of rotatable bonds is 41. The molecule has 0 aromatic carbocycles. The number of ether oxygens (including phenoxy) is 1. The molecule has 3 unspecified atom stereocenters.